The summed E-state index contributed by atoms with van der Waals surface area (Å²) >= 11 is 6.01. The third-order valence-electron chi connectivity index (χ3n) is 2.33. The highest BCUT2D eigenvalue weighted by Crippen LogP contribution is 2.29. The topological polar surface area (TPSA) is 0 Å². The van der Waals surface area contributed by atoms with Crippen LogP contribution in [0.2, 0.25) is 0 Å². The molecule has 0 aliphatic heterocycles. The van der Waals surface area contributed by atoms with Gasteiger partial charge in [-0.05, 0) is 23.9 Å². The maximum atomic E-state index is 13.4. The summed E-state index contributed by atoms with van der Waals surface area (Å²) in [4.78, 5) is 0. The zero-order valence-corrected chi connectivity index (χ0v) is 8.55. The molecule has 0 amide bonds. The third kappa shape index (κ3) is 1.48. The molecule has 2 heteroatoms. The van der Waals surface area contributed by atoms with E-state index >= 15 is 0 Å². The van der Waals surface area contributed by atoms with Crippen molar-refractivity contribution in [3.63, 3.8) is 0 Å². The highest BCUT2D eigenvalue weighted by atomic mass is 35.5. The van der Waals surface area contributed by atoms with Crippen molar-refractivity contribution in [2.24, 2.45) is 0 Å². The summed E-state index contributed by atoms with van der Waals surface area (Å²) in [6, 6.07) is 10.6. The molecular weight excluding hydrogens is 199 g/mol. The van der Waals surface area contributed by atoms with E-state index in [1.165, 1.54) is 6.07 Å². The predicted octanol–water partition coefficient (Wildman–Crippen LogP) is 4.28. The molecule has 2 aromatic carbocycles. The number of fused-ring (bicyclic) bond motifs is 1. The number of halogens is 2. The first-order chi connectivity index (χ1) is 6.70. The Morgan fingerprint density at radius 1 is 1.07 bits per heavy atom. The summed E-state index contributed by atoms with van der Waals surface area (Å²) in [7, 11) is 0. The van der Waals surface area contributed by atoms with Crippen molar-refractivity contribution in [2.75, 3.05) is 0 Å². The van der Waals surface area contributed by atoms with Crippen LogP contribution in [0.25, 0.3) is 10.8 Å². The van der Waals surface area contributed by atoms with E-state index in [1.807, 2.05) is 25.1 Å². The van der Waals surface area contributed by atoms with Crippen molar-refractivity contribution >= 4 is 22.4 Å². The van der Waals surface area contributed by atoms with Gasteiger partial charge in [-0.25, -0.2) is 4.39 Å². The maximum absolute atomic E-state index is 13.4. The maximum Gasteiger partial charge on any atom is 0.131 e. The molecular formula is C12H10ClF. The molecule has 0 spiro atoms. The number of hydrogen-bond donors (Lipinski definition) is 0. The standard InChI is InChI=1S/C12H10ClF/c1-8(13)9-6-7-12(14)11-5-3-2-4-10(9)11/h2-8H,1H3. The zero-order chi connectivity index (χ0) is 10.1. The second-order valence-electron chi connectivity index (χ2n) is 3.30. The summed E-state index contributed by atoms with van der Waals surface area (Å²) in [6.45, 7) is 1.89. The predicted molar refractivity (Wildman–Crippen MR) is 58.2 cm³/mol. The highest BCUT2D eigenvalue weighted by molar-refractivity contribution is 6.21. The zero-order valence-electron chi connectivity index (χ0n) is 7.80. The molecule has 1 atom stereocenters. The highest BCUT2D eigenvalue weighted by Gasteiger charge is 2.08. The molecule has 72 valence electrons. The molecule has 0 bridgehead atoms. The van der Waals surface area contributed by atoms with Crippen LogP contribution in [0.15, 0.2) is 36.4 Å². The number of hydrogen-bond acceptors (Lipinski definition) is 0. The van der Waals surface area contributed by atoms with Gasteiger partial charge < -0.3 is 0 Å². The Morgan fingerprint density at radius 2 is 1.71 bits per heavy atom. The van der Waals surface area contributed by atoms with Crippen LogP contribution in [0.5, 0.6) is 0 Å². The Kier molecular flexibility index (Phi) is 2.42. The fourth-order valence-electron chi connectivity index (χ4n) is 1.63. The lowest BCUT2D eigenvalue weighted by Crippen LogP contribution is -1.89. The second kappa shape index (κ2) is 3.58. The molecule has 0 radical (unpaired) electrons. The normalized spacial score (nSPS) is 13.1. The Bertz CT molecular complexity index is 463. The van der Waals surface area contributed by atoms with Gasteiger partial charge in [-0.1, -0.05) is 30.3 Å². The van der Waals surface area contributed by atoms with Crippen LogP contribution in [0.3, 0.4) is 0 Å². The van der Waals surface area contributed by atoms with E-state index in [0.29, 0.717) is 5.39 Å². The first-order valence-corrected chi connectivity index (χ1v) is 4.95. The SMILES string of the molecule is CC(Cl)c1ccc(F)c2ccccc12. The Labute approximate surface area is 87.3 Å². The molecule has 0 saturated heterocycles. The summed E-state index contributed by atoms with van der Waals surface area (Å²) in [6.07, 6.45) is 0. The summed E-state index contributed by atoms with van der Waals surface area (Å²) in [5, 5.41) is 1.44. The van der Waals surface area contributed by atoms with Crippen molar-refractivity contribution in [1.82, 2.24) is 0 Å². The molecule has 0 aromatic heterocycles. The molecule has 0 aliphatic carbocycles. The van der Waals surface area contributed by atoms with Crippen LogP contribution in [0.4, 0.5) is 4.39 Å². The number of rotatable bonds is 1. The van der Waals surface area contributed by atoms with Crippen molar-refractivity contribution in [2.45, 2.75) is 12.3 Å². The van der Waals surface area contributed by atoms with E-state index in [9.17, 15) is 4.39 Å². The Hall–Kier alpha value is -1.08. The van der Waals surface area contributed by atoms with Gasteiger partial charge in [0.05, 0.1) is 5.38 Å². The van der Waals surface area contributed by atoms with E-state index in [0.717, 1.165) is 10.9 Å². The number of benzene rings is 2. The molecule has 0 aliphatic rings. The molecule has 14 heavy (non-hydrogen) atoms. The summed E-state index contributed by atoms with van der Waals surface area (Å²) < 4.78 is 13.4. The van der Waals surface area contributed by atoms with E-state index in [2.05, 4.69) is 0 Å². The second-order valence-corrected chi connectivity index (χ2v) is 3.95. The van der Waals surface area contributed by atoms with E-state index in [-0.39, 0.29) is 11.2 Å². The van der Waals surface area contributed by atoms with Gasteiger partial charge in [-0.2, -0.15) is 0 Å². The molecule has 2 rings (SSSR count). The van der Waals surface area contributed by atoms with Crippen LogP contribution in [0.1, 0.15) is 17.9 Å². The van der Waals surface area contributed by atoms with Crippen LogP contribution < -0.4 is 0 Å². The van der Waals surface area contributed by atoms with Gasteiger partial charge in [0.1, 0.15) is 5.82 Å². The molecule has 0 N–H and O–H groups in total. The van der Waals surface area contributed by atoms with Gasteiger partial charge in [0.25, 0.3) is 0 Å². The van der Waals surface area contributed by atoms with Gasteiger partial charge in [0.15, 0.2) is 0 Å². The smallest absolute Gasteiger partial charge is 0.131 e. The van der Waals surface area contributed by atoms with Gasteiger partial charge in [0, 0.05) is 5.39 Å². The summed E-state index contributed by atoms with van der Waals surface area (Å²) in [5.41, 5.74) is 0.976. The lowest BCUT2D eigenvalue weighted by Gasteiger charge is -2.08. The number of alkyl halides is 1. The van der Waals surface area contributed by atoms with Crippen LogP contribution in [-0.2, 0) is 0 Å². The molecule has 0 heterocycles. The first kappa shape index (κ1) is 9.47. The average molecular weight is 209 g/mol. The summed E-state index contributed by atoms with van der Waals surface area (Å²) in [5.74, 6) is -0.193. The first-order valence-electron chi connectivity index (χ1n) is 4.51. The monoisotopic (exact) mass is 208 g/mol. The van der Waals surface area contributed by atoms with Crippen molar-refractivity contribution in [3.8, 4) is 0 Å². The van der Waals surface area contributed by atoms with Gasteiger partial charge in [-0.15, -0.1) is 11.6 Å². The van der Waals surface area contributed by atoms with Gasteiger partial charge in [0.2, 0.25) is 0 Å². The van der Waals surface area contributed by atoms with Crippen LogP contribution in [-0.4, -0.2) is 0 Å². The average Bonchev–Trinajstić information content (AvgIpc) is 2.18. The molecule has 0 fully saturated rings. The molecule has 0 nitrogen and oxygen atoms in total. The van der Waals surface area contributed by atoms with Crippen molar-refractivity contribution in [3.05, 3.63) is 47.8 Å². The van der Waals surface area contributed by atoms with Gasteiger partial charge in [-0.3, -0.25) is 0 Å². The minimum Gasteiger partial charge on any atom is -0.206 e. The molecule has 0 saturated carbocycles. The van der Waals surface area contributed by atoms with Crippen LogP contribution >= 0.6 is 11.6 Å². The van der Waals surface area contributed by atoms with E-state index in [4.69, 9.17) is 11.6 Å². The third-order valence-corrected chi connectivity index (χ3v) is 2.57. The largest absolute Gasteiger partial charge is 0.206 e. The van der Waals surface area contributed by atoms with Crippen molar-refractivity contribution in [1.29, 1.82) is 0 Å². The Balaban J connectivity index is 2.82. The fraction of sp³-hybridized carbons (Fsp3) is 0.167. The lowest BCUT2D eigenvalue weighted by atomic mass is 10.0. The van der Waals surface area contributed by atoms with E-state index in [1.54, 1.807) is 12.1 Å². The fourth-order valence-corrected chi connectivity index (χ4v) is 1.82. The molecule has 2 aromatic rings. The van der Waals surface area contributed by atoms with Crippen molar-refractivity contribution < 1.29 is 4.39 Å². The quantitative estimate of drug-likeness (QED) is 0.614. The van der Waals surface area contributed by atoms with Gasteiger partial charge >= 0.3 is 0 Å². The minimum atomic E-state index is -0.193. The lowest BCUT2D eigenvalue weighted by molar-refractivity contribution is 0.639. The minimum absolute atomic E-state index is 0.0968. The van der Waals surface area contributed by atoms with Crippen LogP contribution in [0, 0.1) is 5.82 Å². The Morgan fingerprint density at radius 3 is 2.36 bits per heavy atom. The van der Waals surface area contributed by atoms with E-state index < -0.39 is 0 Å². The molecule has 1 unspecified atom stereocenters.